The average molecular weight is 1240 g/mol. The maximum atomic E-state index is 16.6. The molecule has 4 aromatic heterocycles. The predicted octanol–water partition coefficient (Wildman–Crippen LogP) is 4.41. The Morgan fingerprint density at radius 1 is 0.774 bits per heavy atom. The molecule has 10 rings (SSSR count). The molecule has 0 aliphatic carbocycles. The number of amides is 6. The van der Waals surface area contributed by atoms with Crippen molar-refractivity contribution in [3.63, 3.8) is 0 Å². The first-order valence-corrected chi connectivity index (χ1v) is 30.7. The number of carbonyl (C=O) groups excluding carboxylic acids is 6. The number of hydrogen-bond acceptors (Lipinski definition) is 23. The van der Waals surface area contributed by atoms with Crippen LogP contribution in [0.2, 0.25) is 0 Å². The maximum absolute atomic E-state index is 16.6. The molecule has 4 aliphatic heterocycles. The van der Waals surface area contributed by atoms with Gasteiger partial charge in [0, 0.05) is 44.3 Å². The van der Waals surface area contributed by atoms with Crippen molar-refractivity contribution >= 4 is 114 Å². The SMILES string of the molecule is CN(CCOC(=O)Nc1ncnc2c1ncn2[C@@H]1O[C@@H]2CO[P@@](=O)(S)O[C@@H]3C(CO[P@@](=O)(S)O[C@H]2[C@H]1F)O[C@@H](n1cnc2c(N)ncnc21)[C@@H]3F)C(=O)OCc1ccc(NC(=O)[C@@H](Cc2ccccc2)NC(=O)CCN2C(=O)C=CC2=O)cc1. The van der Waals surface area contributed by atoms with Crippen LogP contribution in [-0.2, 0) is 78.4 Å². The quantitative estimate of drug-likeness (QED) is 0.0444. The van der Waals surface area contributed by atoms with Gasteiger partial charge in [0.15, 0.2) is 53.2 Å². The highest BCUT2D eigenvalue weighted by molar-refractivity contribution is 8.44. The third-order valence-electron chi connectivity index (χ3n) is 13.3. The number of nitrogen functional groups attached to an aromatic ring is 1. The third-order valence-corrected chi connectivity index (χ3v) is 16.5. The number of alkyl halides is 2. The molecule has 8 heterocycles. The number of thiol groups is 2. The van der Waals surface area contributed by atoms with Crippen molar-refractivity contribution < 1.29 is 83.7 Å². The highest BCUT2D eigenvalue weighted by Gasteiger charge is 2.54. The summed E-state index contributed by atoms with van der Waals surface area (Å²) in [6, 6.07) is 14.4. The van der Waals surface area contributed by atoms with E-state index >= 15 is 8.78 Å². The Morgan fingerprint density at radius 3 is 1.98 bits per heavy atom. The van der Waals surface area contributed by atoms with Gasteiger partial charge in [-0.1, -0.05) is 67.0 Å². The first-order chi connectivity index (χ1) is 40.2. The standard InChI is InChI=1S/C48H50F2N14O16P2S2/c1-61(48(70)74-18-26-7-9-27(10-8-26)58-44(68)28(17-25-5-3-2-4-6-25)59-31(65)13-14-62-32(66)11-12-33(62)67)15-16-73-47(69)60-41-37-43(55-22-53-41)64(24-57-37)46-35(50)39-30(78-46)20-76-81(71,83)79-38-29(19-75-82(72,84)80-39)77-45(34(38)49)63-23-56-36-40(51)52-21-54-42(36)63/h2-12,21-24,28-30,34-35,38-39,45-46H,13-20H2,1H3,(H,58,68)(H,59,65)(H,71,83)(H,72,84)(H2,51,52,54)(H,53,55,60,69)/t28-,29?,30-,34-,35-,38-,39-,45-,46-,81-,82-/m1/s1. The molecule has 0 saturated carbocycles. The van der Waals surface area contributed by atoms with Gasteiger partial charge in [-0.05, 0) is 23.3 Å². The lowest BCUT2D eigenvalue weighted by Crippen LogP contribution is -2.46. The minimum absolute atomic E-state index is 0.00849. The van der Waals surface area contributed by atoms with Crippen molar-refractivity contribution in [2.75, 3.05) is 56.3 Å². The number of nitrogens with two attached hydrogens (primary N) is 1. The van der Waals surface area contributed by atoms with Crippen molar-refractivity contribution in [3.8, 4) is 0 Å². The summed E-state index contributed by atoms with van der Waals surface area (Å²) in [5.41, 5.74) is 7.68. The molecule has 36 heteroatoms. The number of carbonyl (C=O) groups is 6. The molecule has 0 spiro atoms. The summed E-state index contributed by atoms with van der Waals surface area (Å²) in [6.45, 7) is -11.4. The Kier molecular flexibility index (Phi) is 18.0. The molecular formula is C48H50F2N14O16P2S2. The number of imidazole rings is 2. The van der Waals surface area contributed by atoms with E-state index in [2.05, 4.69) is 70.4 Å². The number of nitrogens with one attached hydrogen (secondary N) is 3. The van der Waals surface area contributed by atoms with E-state index in [0.717, 1.165) is 51.1 Å². The topological polar surface area (TPSA) is 366 Å². The zero-order valence-corrected chi connectivity index (χ0v) is 47.2. The molecule has 0 bridgehead atoms. The Morgan fingerprint density at radius 2 is 1.36 bits per heavy atom. The fraction of sp³-hybridized carbons (Fsp3) is 0.375. The number of likely N-dealkylation sites (N-methyl/N-ethyl adjacent to an activating group) is 1. The van der Waals surface area contributed by atoms with Crippen LogP contribution in [0.3, 0.4) is 0 Å². The molecule has 0 radical (unpaired) electrons. The number of rotatable bonds is 16. The summed E-state index contributed by atoms with van der Waals surface area (Å²) in [5, 5.41) is 7.88. The number of imide groups is 1. The fourth-order valence-electron chi connectivity index (χ4n) is 9.10. The lowest BCUT2D eigenvalue weighted by atomic mass is 10.0. The lowest BCUT2D eigenvalue weighted by Gasteiger charge is -2.28. The second-order valence-corrected chi connectivity index (χ2v) is 24.7. The molecule has 5 N–H and O–H groups in total. The first kappa shape index (κ1) is 59.6. The summed E-state index contributed by atoms with van der Waals surface area (Å²) in [5.74, 6) is -2.30. The number of fused-ring (bicyclic) bond motifs is 4. The Bertz CT molecular complexity index is 3600. The monoisotopic (exact) mass is 1240 g/mol. The van der Waals surface area contributed by atoms with Gasteiger partial charge in [0.2, 0.25) is 11.8 Å². The number of nitrogens with zero attached hydrogens (tertiary/aromatic N) is 10. The highest BCUT2D eigenvalue weighted by atomic mass is 32.7. The smallest absolute Gasteiger partial charge is 0.412 e. The summed E-state index contributed by atoms with van der Waals surface area (Å²) < 4.78 is 107. The number of benzene rings is 2. The zero-order chi connectivity index (χ0) is 59.5. The summed E-state index contributed by atoms with van der Waals surface area (Å²) in [6.07, 6.45) is -9.12. The zero-order valence-electron chi connectivity index (χ0n) is 43.6. The molecule has 3 saturated heterocycles. The molecule has 2 aromatic carbocycles. The molecule has 30 nitrogen and oxygen atoms in total. The third kappa shape index (κ3) is 13.7. The van der Waals surface area contributed by atoms with Crippen LogP contribution in [0.4, 0.5) is 35.7 Å². The second-order valence-electron chi connectivity index (χ2n) is 19.0. The number of anilines is 3. The number of halogens is 2. The van der Waals surface area contributed by atoms with Crippen LogP contribution in [0.5, 0.6) is 0 Å². The van der Waals surface area contributed by atoms with Gasteiger partial charge in [0.1, 0.15) is 61.8 Å². The van der Waals surface area contributed by atoms with Gasteiger partial charge in [-0.25, -0.2) is 57.4 Å². The van der Waals surface area contributed by atoms with E-state index in [1.165, 1.54) is 17.9 Å². The molecule has 11 atom stereocenters. The van der Waals surface area contributed by atoms with E-state index in [1.807, 2.05) is 6.07 Å². The first-order valence-electron chi connectivity index (χ1n) is 25.3. The second kappa shape index (κ2) is 25.4. The largest absolute Gasteiger partial charge is 0.447 e. The van der Waals surface area contributed by atoms with Gasteiger partial charge in [0.05, 0.1) is 32.4 Å². The normalized spacial score (nSPS) is 26.4. The van der Waals surface area contributed by atoms with E-state index in [-0.39, 0.29) is 73.1 Å². The predicted molar refractivity (Wildman–Crippen MR) is 293 cm³/mol. The van der Waals surface area contributed by atoms with E-state index in [9.17, 15) is 37.9 Å². The maximum Gasteiger partial charge on any atom is 0.412 e. The van der Waals surface area contributed by atoms with Gasteiger partial charge in [0.25, 0.3) is 11.8 Å². The van der Waals surface area contributed by atoms with Gasteiger partial charge in [-0.3, -0.25) is 56.6 Å². The molecule has 3 fully saturated rings. The Balaban J connectivity index is 0.694. The van der Waals surface area contributed by atoms with E-state index in [1.54, 1.807) is 48.5 Å². The highest BCUT2D eigenvalue weighted by Crippen LogP contribution is 2.60. The molecule has 4 aliphatic rings. The van der Waals surface area contributed by atoms with Crippen molar-refractivity contribution in [2.24, 2.45) is 0 Å². The van der Waals surface area contributed by atoms with Crippen LogP contribution >= 0.6 is 38.1 Å². The molecular weight excluding hydrogens is 1190 g/mol. The number of ether oxygens (including phenoxy) is 4. The summed E-state index contributed by atoms with van der Waals surface area (Å²) in [4.78, 5) is 103. The minimum atomic E-state index is -4.56. The van der Waals surface area contributed by atoms with Gasteiger partial charge < -0.3 is 40.2 Å². The van der Waals surface area contributed by atoms with Gasteiger partial charge >= 0.3 is 25.8 Å². The molecule has 444 valence electrons. The minimum Gasteiger partial charge on any atom is -0.447 e. The van der Waals surface area contributed by atoms with Crippen molar-refractivity contribution in [2.45, 2.75) is 74.7 Å². The molecule has 6 aromatic rings. The van der Waals surface area contributed by atoms with Gasteiger partial charge in [-0.2, -0.15) is 0 Å². The molecule has 1 unspecified atom stereocenters. The Hall–Kier alpha value is -7.52. The lowest BCUT2D eigenvalue weighted by molar-refractivity contribution is -0.137. The van der Waals surface area contributed by atoms with Crippen molar-refractivity contribution in [1.29, 1.82) is 0 Å². The summed E-state index contributed by atoms with van der Waals surface area (Å²) in [7, 11) is 1.41. The van der Waals surface area contributed by atoms with Crippen LogP contribution in [0.1, 0.15) is 30.0 Å². The number of aromatic nitrogens is 8. The van der Waals surface area contributed by atoms with Crippen LogP contribution in [0, 0.1) is 0 Å². The van der Waals surface area contributed by atoms with Crippen LogP contribution in [0.15, 0.2) is 92.1 Å². The van der Waals surface area contributed by atoms with Gasteiger partial charge in [-0.15, -0.1) is 0 Å². The van der Waals surface area contributed by atoms with E-state index in [4.69, 9.17) is 42.8 Å². The van der Waals surface area contributed by atoms with E-state index in [0.29, 0.717) is 11.3 Å². The van der Waals surface area contributed by atoms with Crippen LogP contribution < -0.4 is 21.7 Å². The van der Waals surface area contributed by atoms with Crippen molar-refractivity contribution in [1.82, 2.24) is 54.2 Å². The molecule has 84 heavy (non-hydrogen) atoms. The average Bonchev–Trinajstić information content (AvgIpc) is 3.59. The fourth-order valence-corrected chi connectivity index (χ4v) is 12.1. The van der Waals surface area contributed by atoms with Crippen LogP contribution in [0.25, 0.3) is 22.3 Å². The van der Waals surface area contributed by atoms with E-state index < -0.39 is 118 Å². The molecule has 6 amide bonds. The van der Waals surface area contributed by atoms with Crippen molar-refractivity contribution in [3.05, 3.63) is 103 Å². The Labute approximate surface area is 483 Å². The summed E-state index contributed by atoms with van der Waals surface area (Å²) >= 11 is 8.09. The number of hydrogen-bond donors (Lipinski definition) is 6. The van der Waals surface area contributed by atoms with Crippen LogP contribution in [-0.4, -0.2) is 167 Å².